The Balaban J connectivity index is 2.04. The Bertz CT molecular complexity index is 611. The first-order valence-corrected chi connectivity index (χ1v) is 7.64. The maximum absolute atomic E-state index is 9.16. The molecule has 1 saturated carbocycles. The van der Waals surface area contributed by atoms with Crippen LogP contribution in [0.2, 0.25) is 0 Å². The third kappa shape index (κ3) is 2.68. The van der Waals surface area contributed by atoms with Crippen LogP contribution in [-0.4, -0.2) is 36.4 Å². The monoisotopic (exact) mass is 286 g/mol. The van der Waals surface area contributed by atoms with Crippen molar-refractivity contribution < 1.29 is 9.84 Å². The lowest BCUT2D eigenvalue weighted by Crippen LogP contribution is -2.41. The van der Waals surface area contributed by atoms with Crippen molar-refractivity contribution in [2.75, 3.05) is 25.2 Å². The minimum atomic E-state index is 0.220. The van der Waals surface area contributed by atoms with Gasteiger partial charge in [0.05, 0.1) is 7.11 Å². The van der Waals surface area contributed by atoms with E-state index in [9.17, 15) is 0 Å². The van der Waals surface area contributed by atoms with Crippen molar-refractivity contribution in [2.24, 2.45) is 0 Å². The van der Waals surface area contributed by atoms with Gasteiger partial charge in [0, 0.05) is 36.2 Å². The largest absolute Gasteiger partial charge is 0.496 e. The topological polar surface area (TPSA) is 45.6 Å². The summed E-state index contributed by atoms with van der Waals surface area (Å²) < 4.78 is 5.46. The number of benzene rings is 1. The Hall–Kier alpha value is -1.81. The summed E-state index contributed by atoms with van der Waals surface area (Å²) in [4.78, 5) is 6.99. The van der Waals surface area contributed by atoms with Crippen LogP contribution in [0.3, 0.4) is 0 Å². The Kier molecular flexibility index (Phi) is 4.25. The van der Waals surface area contributed by atoms with E-state index in [0.29, 0.717) is 6.04 Å². The number of ether oxygens (including phenoxy) is 1. The van der Waals surface area contributed by atoms with Gasteiger partial charge in [-0.25, -0.2) is 4.98 Å². The Labute approximate surface area is 125 Å². The zero-order valence-corrected chi connectivity index (χ0v) is 12.5. The van der Waals surface area contributed by atoms with Crippen molar-refractivity contribution in [2.45, 2.75) is 31.7 Å². The zero-order valence-electron chi connectivity index (χ0n) is 12.5. The maximum atomic E-state index is 9.16. The van der Waals surface area contributed by atoms with Crippen LogP contribution < -0.4 is 9.64 Å². The first kappa shape index (κ1) is 14.1. The van der Waals surface area contributed by atoms with Crippen LogP contribution in [0.15, 0.2) is 30.5 Å². The Morgan fingerprint density at radius 3 is 2.81 bits per heavy atom. The van der Waals surface area contributed by atoms with Crippen LogP contribution in [0.4, 0.5) is 5.82 Å². The van der Waals surface area contributed by atoms with Gasteiger partial charge >= 0.3 is 0 Å². The van der Waals surface area contributed by atoms with Crippen LogP contribution in [0, 0.1) is 0 Å². The molecule has 2 aromatic rings. The molecule has 4 heteroatoms. The van der Waals surface area contributed by atoms with E-state index >= 15 is 0 Å². The summed E-state index contributed by atoms with van der Waals surface area (Å²) in [5.41, 5.74) is 0. The van der Waals surface area contributed by atoms with Gasteiger partial charge in [-0.3, -0.25) is 0 Å². The van der Waals surface area contributed by atoms with Crippen molar-refractivity contribution in [3.63, 3.8) is 0 Å². The first-order chi connectivity index (χ1) is 10.3. The molecule has 1 fully saturated rings. The van der Waals surface area contributed by atoms with E-state index in [1.165, 1.54) is 19.3 Å². The molecule has 1 aliphatic carbocycles. The van der Waals surface area contributed by atoms with Crippen molar-refractivity contribution in [3.05, 3.63) is 30.5 Å². The van der Waals surface area contributed by atoms with E-state index < -0.39 is 0 Å². The molecule has 1 aliphatic rings. The molecule has 1 aromatic heterocycles. The van der Waals surface area contributed by atoms with E-state index in [1.54, 1.807) is 7.11 Å². The number of methoxy groups -OCH3 is 1. The highest BCUT2D eigenvalue weighted by Gasteiger charge is 2.26. The van der Waals surface area contributed by atoms with Crippen molar-refractivity contribution >= 4 is 16.6 Å². The molecule has 0 unspecified atom stereocenters. The number of aliphatic hydroxyl groups is 1. The highest BCUT2D eigenvalue weighted by Crippen LogP contribution is 2.35. The number of fused-ring (bicyclic) bond motifs is 1. The van der Waals surface area contributed by atoms with Gasteiger partial charge in [0.25, 0.3) is 0 Å². The van der Waals surface area contributed by atoms with Gasteiger partial charge in [0.15, 0.2) is 0 Å². The lowest BCUT2D eigenvalue weighted by molar-refractivity contribution is 0.282. The third-order valence-corrected chi connectivity index (χ3v) is 4.31. The second kappa shape index (κ2) is 6.31. The summed E-state index contributed by atoms with van der Waals surface area (Å²) >= 11 is 0. The van der Waals surface area contributed by atoms with Gasteiger partial charge in [0.1, 0.15) is 11.6 Å². The molecule has 1 heterocycles. The van der Waals surface area contributed by atoms with Gasteiger partial charge in [-0.1, -0.05) is 12.1 Å². The summed E-state index contributed by atoms with van der Waals surface area (Å²) in [6.45, 7) is 1.07. The Morgan fingerprint density at radius 2 is 2.14 bits per heavy atom. The standard InChI is InChI=1S/C17H22N2O2/c1-21-16-8-3-7-15-14(16)9-10-18-17(15)19(11-4-12-20)13-5-2-6-13/h3,7-10,13,20H,2,4-6,11-12H2,1H3. The van der Waals surface area contributed by atoms with E-state index in [-0.39, 0.29) is 6.61 Å². The molecule has 0 aliphatic heterocycles. The predicted octanol–water partition coefficient (Wildman–Crippen LogP) is 2.98. The smallest absolute Gasteiger partial charge is 0.136 e. The molecular weight excluding hydrogens is 264 g/mol. The van der Waals surface area contributed by atoms with E-state index in [4.69, 9.17) is 9.84 Å². The molecule has 21 heavy (non-hydrogen) atoms. The molecule has 0 radical (unpaired) electrons. The number of pyridine rings is 1. The highest BCUT2D eigenvalue weighted by molar-refractivity contribution is 5.96. The second-order valence-electron chi connectivity index (χ2n) is 5.55. The van der Waals surface area contributed by atoms with Crippen LogP contribution in [0.25, 0.3) is 10.8 Å². The molecule has 0 bridgehead atoms. The first-order valence-electron chi connectivity index (χ1n) is 7.64. The molecule has 112 valence electrons. The third-order valence-electron chi connectivity index (χ3n) is 4.31. The molecule has 4 nitrogen and oxygen atoms in total. The molecule has 1 aromatic carbocycles. The summed E-state index contributed by atoms with van der Waals surface area (Å²) in [5, 5.41) is 11.4. The number of nitrogens with zero attached hydrogens (tertiary/aromatic N) is 2. The summed E-state index contributed by atoms with van der Waals surface area (Å²) in [5.74, 6) is 1.90. The van der Waals surface area contributed by atoms with Crippen LogP contribution >= 0.6 is 0 Å². The number of anilines is 1. The predicted molar refractivity (Wildman–Crippen MR) is 85.0 cm³/mol. The Morgan fingerprint density at radius 1 is 1.29 bits per heavy atom. The fraction of sp³-hybridized carbons (Fsp3) is 0.471. The van der Waals surface area contributed by atoms with Crippen molar-refractivity contribution in [3.8, 4) is 5.75 Å². The summed E-state index contributed by atoms with van der Waals surface area (Å²) in [7, 11) is 1.70. The van der Waals surface area contributed by atoms with Gasteiger partial charge in [0.2, 0.25) is 0 Å². The van der Waals surface area contributed by atoms with E-state index in [2.05, 4.69) is 16.0 Å². The fourth-order valence-corrected chi connectivity index (χ4v) is 2.97. The maximum Gasteiger partial charge on any atom is 0.136 e. The van der Waals surface area contributed by atoms with Gasteiger partial charge < -0.3 is 14.7 Å². The molecule has 3 rings (SSSR count). The molecule has 1 N–H and O–H groups in total. The number of hydrogen-bond acceptors (Lipinski definition) is 4. The molecule has 0 atom stereocenters. The quantitative estimate of drug-likeness (QED) is 0.886. The molecular formula is C17H22N2O2. The highest BCUT2D eigenvalue weighted by atomic mass is 16.5. The van der Waals surface area contributed by atoms with Crippen molar-refractivity contribution in [1.82, 2.24) is 4.98 Å². The van der Waals surface area contributed by atoms with Crippen LogP contribution in [-0.2, 0) is 0 Å². The number of hydrogen-bond donors (Lipinski definition) is 1. The molecule has 0 spiro atoms. The SMILES string of the molecule is COc1cccc2c(N(CCCO)C3CCC3)nccc12. The summed E-state index contributed by atoms with van der Waals surface area (Å²) in [6, 6.07) is 8.65. The average molecular weight is 286 g/mol. The molecule has 0 saturated heterocycles. The van der Waals surface area contributed by atoms with E-state index in [0.717, 1.165) is 35.3 Å². The summed E-state index contributed by atoms with van der Waals surface area (Å²) in [6.07, 6.45) is 6.35. The average Bonchev–Trinajstić information content (AvgIpc) is 2.48. The minimum absolute atomic E-state index is 0.220. The fourth-order valence-electron chi connectivity index (χ4n) is 2.97. The zero-order chi connectivity index (χ0) is 14.7. The van der Waals surface area contributed by atoms with Gasteiger partial charge in [-0.2, -0.15) is 0 Å². The van der Waals surface area contributed by atoms with Crippen LogP contribution in [0.1, 0.15) is 25.7 Å². The lowest BCUT2D eigenvalue weighted by atomic mass is 9.91. The van der Waals surface area contributed by atoms with E-state index in [1.807, 2.05) is 24.4 Å². The number of aliphatic hydroxyl groups excluding tert-OH is 1. The van der Waals surface area contributed by atoms with Crippen molar-refractivity contribution in [1.29, 1.82) is 0 Å². The minimum Gasteiger partial charge on any atom is -0.496 e. The number of aromatic nitrogens is 1. The normalized spacial score (nSPS) is 15.0. The van der Waals surface area contributed by atoms with Gasteiger partial charge in [-0.05, 0) is 37.8 Å². The lowest BCUT2D eigenvalue weighted by Gasteiger charge is -2.39. The van der Waals surface area contributed by atoms with Crippen LogP contribution in [0.5, 0.6) is 5.75 Å². The van der Waals surface area contributed by atoms with Gasteiger partial charge in [-0.15, -0.1) is 0 Å². The number of rotatable bonds is 6. The molecule has 0 amide bonds. The second-order valence-corrected chi connectivity index (χ2v) is 5.55.